The van der Waals surface area contributed by atoms with Gasteiger partial charge in [-0.05, 0) is 89.2 Å². The van der Waals surface area contributed by atoms with E-state index in [0.717, 1.165) is 31.3 Å². The zero-order valence-corrected chi connectivity index (χ0v) is 24.8. The van der Waals surface area contributed by atoms with E-state index in [1.54, 1.807) is 6.92 Å². The van der Waals surface area contributed by atoms with Gasteiger partial charge in [-0.25, -0.2) is 0 Å². The van der Waals surface area contributed by atoms with Crippen LogP contribution in [0.3, 0.4) is 0 Å². The summed E-state index contributed by atoms with van der Waals surface area (Å²) in [7, 11) is 0. The molecule has 2 N–H and O–H groups in total. The Bertz CT molecular complexity index is 1070. The first-order valence-electron chi connectivity index (χ1n) is 14.1. The van der Waals surface area contributed by atoms with Crippen LogP contribution in [0.2, 0.25) is 0 Å². The molecule has 3 rings (SSSR count). The molecule has 3 saturated carbocycles. The summed E-state index contributed by atoms with van der Waals surface area (Å²) >= 11 is 0. The fourth-order valence-corrected chi connectivity index (χ4v) is 8.13. The highest BCUT2D eigenvalue weighted by molar-refractivity contribution is 6.12. The largest absolute Gasteiger partial charge is 0.462 e. The van der Waals surface area contributed by atoms with E-state index < -0.39 is 17.1 Å². The van der Waals surface area contributed by atoms with Crippen LogP contribution in [-0.4, -0.2) is 45.6 Å². The Morgan fingerprint density at radius 1 is 1.08 bits per heavy atom. The predicted octanol–water partition coefficient (Wildman–Crippen LogP) is 5.66. The van der Waals surface area contributed by atoms with Crippen molar-refractivity contribution < 1.29 is 29.3 Å². The van der Waals surface area contributed by atoms with Gasteiger partial charge in [0.15, 0.2) is 11.6 Å². The molecule has 0 radical (unpaired) electrons. The third kappa shape index (κ3) is 5.36. The number of carbonyl (C=O) groups excluding carboxylic acids is 3. The summed E-state index contributed by atoms with van der Waals surface area (Å²) in [5, 5.41) is 21.2. The number of aliphatic hydroxyl groups excluding tert-OH is 1. The maximum absolute atomic E-state index is 13.5. The molecule has 3 fully saturated rings. The minimum Gasteiger partial charge on any atom is -0.462 e. The molecular formula is C32H48O6. The number of fused-ring (bicyclic) bond motifs is 3. The molecule has 0 bridgehead atoms. The van der Waals surface area contributed by atoms with Gasteiger partial charge in [-0.3, -0.25) is 14.4 Å². The lowest BCUT2D eigenvalue weighted by molar-refractivity contribution is -0.185. The van der Waals surface area contributed by atoms with Crippen molar-refractivity contribution in [2.24, 2.45) is 28.1 Å². The monoisotopic (exact) mass is 528 g/mol. The number of ketones is 2. The first kappa shape index (κ1) is 30.5. The number of hydrogen-bond acceptors (Lipinski definition) is 6. The van der Waals surface area contributed by atoms with Gasteiger partial charge in [0.25, 0.3) is 0 Å². The summed E-state index contributed by atoms with van der Waals surface area (Å²) in [6.07, 6.45) is 7.34. The number of allylic oxidation sites excluding steroid dienone is 4. The smallest absolute Gasteiger partial charge is 0.302 e. The Hall–Kier alpha value is -2.05. The fraction of sp³-hybridized carbons (Fsp3) is 0.719. The van der Waals surface area contributed by atoms with Crippen molar-refractivity contribution in [2.75, 3.05) is 0 Å². The highest BCUT2D eigenvalue weighted by Crippen LogP contribution is 2.69. The van der Waals surface area contributed by atoms with Crippen LogP contribution >= 0.6 is 0 Å². The molecule has 0 amide bonds. The molecule has 6 nitrogen and oxygen atoms in total. The van der Waals surface area contributed by atoms with Crippen molar-refractivity contribution in [3.8, 4) is 0 Å². The van der Waals surface area contributed by atoms with Crippen molar-refractivity contribution >= 4 is 17.5 Å². The van der Waals surface area contributed by atoms with Crippen molar-refractivity contribution in [2.45, 2.75) is 119 Å². The van der Waals surface area contributed by atoms with E-state index in [1.807, 2.05) is 19.9 Å². The third-order valence-electron chi connectivity index (χ3n) is 10.3. The lowest BCUT2D eigenvalue weighted by Gasteiger charge is -2.62. The summed E-state index contributed by atoms with van der Waals surface area (Å²) < 4.78 is 5.74. The van der Waals surface area contributed by atoms with Crippen LogP contribution in [0, 0.1) is 28.1 Å². The molecule has 6 heteroatoms. The van der Waals surface area contributed by atoms with Gasteiger partial charge in [-0.15, -0.1) is 0 Å². The van der Waals surface area contributed by atoms with Crippen LogP contribution in [0.1, 0.15) is 101 Å². The van der Waals surface area contributed by atoms with Gasteiger partial charge in [0, 0.05) is 35.3 Å². The Balaban J connectivity index is 1.90. The van der Waals surface area contributed by atoms with Gasteiger partial charge in [-0.2, -0.15) is 0 Å². The van der Waals surface area contributed by atoms with Crippen LogP contribution < -0.4 is 0 Å². The summed E-state index contributed by atoms with van der Waals surface area (Å²) in [5.41, 5.74) is -0.206. The number of hydrogen-bond donors (Lipinski definition) is 2. The molecule has 3 aliphatic carbocycles. The lowest BCUT2D eigenvalue weighted by atomic mass is 9.43. The van der Waals surface area contributed by atoms with Crippen molar-refractivity contribution in [1.29, 1.82) is 0 Å². The van der Waals surface area contributed by atoms with Crippen LogP contribution in [0.25, 0.3) is 0 Å². The van der Waals surface area contributed by atoms with Crippen LogP contribution in [0.5, 0.6) is 0 Å². The van der Waals surface area contributed by atoms with E-state index >= 15 is 0 Å². The summed E-state index contributed by atoms with van der Waals surface area (Å²) in [6.45, 7) is 17.3. The Morgan fingerprint density at radius 2 is 1.71 bits per heavy atom. The second kappa shape index (κ2) is 10.5. The number of ether oxygens (including phenoxy) is 1. The molecule has 0 saturated heterocycles. The van der Waals surface area contributed by atoms with E-state index in [2.05, 4.69) is 27.7 Å². The number of Topliss-reactive ketones (excluding diaryl/α,β-unsaturated/α-hetero) is 1. The van der Waals surface area contributed by atoms with Crippen molar-refractivity contribution in [3.63, 3.8) is 0 Å². The maximum Gasteiger partial charge on any atom is 0.302 e. The molecule has 0 aromatic carbocycles. The zero-order chi connectivity index (χ0) is 28.8. The SMILES string of the molecule is CC(=O)OC1CCC2(C)C3CC(=O)C(=C(C)C(=O)C=CC(C)(O)C(O)CC=C(C)C)C3(C)CCC2C1(C)C. The topological polar surface area (TPSA) is 101 Å². The molecular weight excluding hydrogens is 480 g/mol. The van der Waals surface area contributed by atoms with Crippen LogP contribution in [0.15, 0.2) is 34.9 Å². The minimum atomic E-state index is -1.57. The van der Waals surface area contributed by atoms with E-state index in [0.29, 0.717) is 23.5 Å². The van der Waals surface area contributed by atoms with Gasteiger partial charge in [-0.1, -0.05) is 39.3 Å². The molecule has 0 spiro atoms. The van der Waals surface area contributed by atoms with E-state index in [1.165, 1.54) is 26.0 Å². The van der Waals surface area contributed by atoms with E-state index in [4.69, 9.17) is 4.74 Å². The van der Waals surface area contributed by atoms with Crippen LogP contribution in [-0.2, 0) is 19.1 Å². The molecule has 0 aromatic heterocycles. The maximum atomic E-state index is 13.5. The number of carbonyl (C=O) groups is 3. The summed E-state index contributed by atoms with van der Waals surface area (Å²) in [6, 6.07) is 0. The molecule has 0 aliphatic heterocycles. The first-order valence-corrected chi connectivity index (χ1v) is 14.1. The van der Waals surface area contributed by atoms with E-state index in [9.17, 15) is 24.6 Å². The van der Waals surface area contributed by atoms with Gasteiger partial charge in [0.2, 0.25) is 0 Å². The predicted molar refractivity (Wildman–Crippen MR) is 148 cm³/mol. The second-order valence-corrected chi connectivity index (χ2v) is 13.6. The number of esters is 1. The van der Waals surface area contributed by atoms with E-state index in [-0.39, 0.29) is 46.8 Å². The highest BCUT2D eigenvalue weighted by atomic mass is 16.5. The Morgan fingerprint density at radius 3 is 2.29 bits per heavy atom. The average Bonchev–Trinajstić information content (AvgIpc) is 3.08. The van der Waals surface area contributed by atoms with Gasteiger partial charge < -0.3 is 14.9 Å². The molecule has 0 aromatic rings. The molecule has 7 atom stereocenters. The molecule has 38 heavy (non-hydrogen) atoms. The second-order valence-electron chi connectivity index (χ2n) is 13.6. The standard InChI is InChI=1S/C32H48O6/c1-19(2)10-11-26(36)32(9,37)17-12-22(34)20(3)28-23(35)18-25-30(7)16-14-27(38-21(4)33)29(5,6)24(30)13-15-31(25,28)8/h10,12,17,24-27,36-37H,11,13-16,18H2,1-9H3. The van der Waals surface area contributed by atoms with Gasteiger partial charge >= 0.3 is 5.97 Å². The molecule has 212 valence electrons. The molecule has 3 aliphatic rings. The number of rotatable bonds is 7. The fourth-order valence-electron chi connectivity index (χ4n) is 8.13. The average molecular weight is 529 g/mol. The van der Waals surface area contributed by atoms with Crippen molar-refractivity contribution in [3.05, 3.63) is 34.9 Å². The molecule has 7 unspecified atom stereocenters. The molecule has 0 heterocycles. The third-order valence-corrected chi connectivity index (χ3v) is 10.3. The normalized spacial score (nSPS) is 36.1. The lowest BCUT2D eigenvalue weighted by Crippen LogP contribution is -2.58. The van der Waals surface area contributed by atoms with Crippen molar-refractivity contribution in [1.82, 2.24) is 0 Å². The minimum absolute atomic E-state index is 0.0360. The Kier molecular flexibility index (Phi) is 8.42. The zero-order valence-electron chi connectivity index (χ0n) is 24.8. The van der Waals surface area contributed by atoms with Gasteiger partial charge in [0.1, 0.15) is 11.7 Å². The number of aliphatic hydroxyl groups is 2. The summed E-state index contributed by atoms with van der Waals surface area (Å²) in [4.78, 5) is 38.6. The quantitative estimate of drug-likeness (QED) is 0.251. The van der Waals surface area contributed by atoms with Gasteiger partial charge in [0.05, 0.1) is 6.10 Å². The highest BCUT2D eigenvalue weighted by Gasteiger charge is 2.65. The van der Waals surface area contributed by atoms with Crippen LogP contribution in [0.4, 0.5) is 0 Å². The first-order chi connectivity index (χ1) is 17.4. The summed E-state index contributed by atoms with van der Waals surface area (Å²) in [5.74, 6) is -0.120. The Labute approximate surface area is 228 Å².